The van der Waals surface area contributed by atoms with E-state index in [9.17, 15) is 5.11 Å². The minimum Gasteiger partial charge on any atom is -0.393 e. The number of hydrogen-bond donors (Lipinski definition) is 2. The molecule has 2 N–H and O–H groups in total. The minimum absolute atomic E-state index is 0.0170. The second kappa shape index (κ2) is 5.31. The highest BCUT2D eigenvalue weighted by molar-refractivity contribution is 4.88. The maximum atomic E-state index is 9.24. The van der Waals surface area contributed by atoms with Gasteiger partial charge in [-0.3, -0.25) is 0 Å². The van der Waals surface area contributed by atoms with Gasteiger partial charge in [0.1, 0.15) is 0 Å². The van der Waals surface area contributed by atoms with Gasteiger partial charge in [0.2, 0.25) is 0 Å². The lowest BCUT2D eigenvalue weighted by atomic mass is 9.88. The van der Waals surface area contributed by atoms with E-state index >= 15 is 0 Å². The lowest BCUT2D eigenvalue weighted by molar-refractivity contribution is 0.0567. The predicted molar refractivity (Wildman–Crippen MR) is 62.8 cm³/mol. The Morgan fingerprint density at radius 1 is 1.07 bits per heavy atom. The normalized spacial score (nSPS) is 42.0. The maximum Gasteiger partial charge on any atom is 0.0570 e. The largest absolute Gasteiger partial charge is 0.393 e. The van der Waals surface area contributed by atoms with Gasteiger partial charge in [-0.25, -0.2) is 0 Å². The van der Waals surface area contributed by atoms with Gasteiger partial charge in [-0.2, -0.15) is 0 Å². The van der Waals surface area contributed by atoms with Gasteiger partial charge in [-0.15, -0.1) is 0 Å². The predicted octanol–water partition coefficient (Wildman–Crippen LogP) is 2.46. The van der Waals surface area contributed by atoms with Crippen LogP contribution in [0.5, 0.6) is 0 Å². The zero-order chi connectivity index (χ0) is 10.7. The Morgan fingerprint density at radius 3 is 2.53 bits per heavy atom. The topological polar surface area (TPSA) is 32.3 Å². The van der Waals surface area contributed by atoms with Crippen molar-refractivity contribution in [1.82, 2.24) is 5.32 Å². The molecule has 0 aliphatic heterocycles. The molecule has 2 fully saturated rings. The summed E-state index contributed by atoms with van der Waals surface area (Å²) in [6, 6.07) is 1.35. The van der Waals surface area contributed by atoms with Gasteiger partial charge in [0.25, 0.3) is 0 Å². The van der Waals surface area contributed by atoms with E-state index in [0.29, 0.717) is 6.04 Å². The van der Waals surface area contributed by atoms with E-state index in [-0.39, 0.29) is 6.10 Å². The monoisotopic (exact) mass is 211 g/mol. The fourth-order valence-electron chi connectivity index (χ4n) is 3.01. The van der Waals surface area contributed by atoms with Crippen molar-refractivity contribution in [2.75, 3.05) is 0 Å². The van der Waals surface area contributed by atoms with Gasteiger partial charge in [-0.05, 0) is 38.0 Å². The van der Waals surface area contributed by atoms with E-state index in [1.54, 1.807) is 0 Å². The van der Waals surface area contributed by atoms with Gasteiger partial charge in [0.05, 0.1) is 6.10 Å². The molecule has 2 heteroatoms. The minimum atomic E-state index is -0.0170. The summed E-state index contributed by atoms with van der Waals surface area (Å²) >= 11 is 0. The molecular weight excluding hydrogens is 186 g/mol. The molecule has 0 spiro atoms. The van der Waals surface area contributed by atoms with E-state index in [0.717, 1.165) is 24.8 Å². The molecule has 88 valence electrons. The third-order valence-electron chi connectivity index (χ3n) is 4.25. The zero-order valence-corrected chi connectivity index (χ0v) is 9.91. The van der Waals surface area contributed by atoms with E-state index in [4.69, 9.17) is 0 Å². The molecule has 2 atom stereocenters. The molecule has 0 aromatic carbocycles. The van der Waals surface area contributed by atoms with Gasteiger partial charge < -0.3 is 10.4 Å². The molecule has 0 amide bonds. The smallest absolute Gasteiger partial charge is 0.0570 e. The molecule has 15 heavy (non-hydrogen) atoms. The third-order valence-corrected chi connectivity index (χ3v) is 4.25. The van der Waals surface area contributed by atoms with Crippen LogP contribution in [-0.4, -0.2) is 23.3 Å². The van der Waals surface area contributed by atoms with Crippen LogP contribution in [0.2, 0.25) is 0 Å². The van der Waals surface area contributed by atoms with Crippen LogP contribution in [-0.2, 0) is 0 Å². The number of nitrogens with one attached hydrogen (secondary N) is 1. The Hall–Kier alpha value is -0.0800. The van der Waals surface area contributed by atoms with Gasteiger partial charge >= 0.3 is 0 Å². The van der Waals surface area contributed by atoms with Gasteiger partial charge in [0.15, 0.2) is 0 Å². The molecule has 0 saturated heterocycles. The summed E-state index contributed by atoms with van der Waals surface area (Å²) in [7, 11) is 0. The Labute approximate surface area is 93.5 Å². The van der Waals surface area contributed by atoms with Crippen LogP contribution in [0, 0.1) is 5.92 Å². The third kappa shape index (κ3) is 3.18. The summed E-state index contributed by atoms with van der Waals surface area (Å²) < 4.78 is 0. The Bertz CT molecular complexity index is 189. The Morgan fingerprint density at radius 2 is 1.87 bits per heavy atom. The van der Waals surface area contributed by atoms with Crippen LogP contribution in [0.15, 0.2) is 0 Å². The van der Waals surface area contributed by atoms with E-state index in [1.807, 2.05) is 0 Å². The van der Waals surface area contributed by atoms with Crippen molar-refractivity contribution in [2.24, 2.45) is 5.92 Å². The SMILES string of the molecule is CCC1CCCC(NC2CC(O)C2)CC1. The second-order valence-corrected chi connectivity index (χ2v) is 5.47. The van der Waals surface area contributed by atoms with Crippen molar-refractivity contribution in [3.8, 4) is 0 Å². The zero-order valence-electron chi connectivity index (χ0n) is 9.91. The van der Waals surface area contributed by atoms with Crippen LogP contribution < -0.4 is 5.32 Å². The van der Waals surface area contributed by atoms with Crippen LogP contribution in [0.1, 0.15) is 58.3 Å². The van der Waals surface area contributed by atoms with Crippen molar-refractivity contribution in [1.29, 1.82) is 0 Å². The van der Waals surface area contributed by atoms with Crippen molar-refractivity contribution < 1.29 is 5.11 Å². The highest BCUT2D eigenvalue weighted by Crippen LogP contribution is 2.27. The first kappa shape index (κ1) is 11.4. The maximum absolute atomic E-state index is 9.24. The van der Waals surface area contributed by atoms with E-state index < -0.39 is 0 Å². The summed E-state index contributed by atoms with van der Waals surface area (Å²) in [5.74, 6) is 0.976. The number of aliphatic hydroxyl groups excluding tert-OH is 1. The molecule has 2 aliphatic rings. The molecule has 2 aliphatic carbocycles. The molecule has 2 unspecified atom stereocenters. The number of hydrogen-bond acceptors (Lipinski definition) is 2. The van der Waals surface area contributed by atoms with E-state index in [1.165, 1.54) is 38.5 Å². The van der Waals surface area contributed by atoms with E-state index in [2.05, 4.69) is 12.2 Å². The highest BCUT2D eigenvalue weighted by Gasteiger charge is 2.29. The number of rotatable bonds is 3. The van der Waals surface area contributed by atoms with Crippen LogP contribution in [0.3, 0.4) is 0 Å². The molecule has 0 radical (unpaired) electrons. The molecule has 0 heterocycles. The molecular formula is C13H25NO. The molecule has 2 nitrogen and oxygen atoms in total. The second-order valence-electron chi connectivity index (χ2n) is 5.47. The van der Waals surface area contributed by atoms with Crippen molar-refractivity contribution in [2.45, 2.75) is 76.5 Å². The van der Waals surface area contributed by atoms with Gasteiger partial charge in [-0.1, -0.05) is 26.2 Å². The fraction of sp³-hybridized carbons (Fsp3) is 1.00. The molecule has 2 rings (SSSR count). The number of aliphatic hydroxyl groups is 1. The van der Waals surface area contributed by atoms with Gasteiger partial charge in [0, 0.05) is 12.1 Å². The van der Waals surface area contributed by atoms with Crippen molar-refractivity contribution in [3.05, 3.63) is 0 Å². The Kier molecular flexibility index (Phi) is 4.04. The highest BCUT2D eigenvalue weighted by atomic mass is 16.3. The van der Waals surface area contributed by atoms with Crippen molar-refractivity contribution in [3.63, 3.8) is 0 Å². The average Bonchev–Trinajstić information content (AvgIpc) is 2.41. The Balaban J connectivity index is 1.69. The van der Waals surface area contributed by atoms with Crippen LogP contribution in [0.4, 0.5) is 0 Å². The summed E-state index contributed by atoms with van der Waals surface area (Å²) in [6.45, 7) is 2.32. The first-order chi connectivity index (χ1) is 7.28. The lowest BCUT2D eigenvalue weighted by Crippen LogP contribution is -2.48. The summed E-state index contributed by atoms with van der Waals surface area (Å²) in [6.07, 6.45) is 10.2. The van der Waals surface area contributed by atoms with Crippen LogP contribution in [0.25, 0.3) is 0 Å². The standard InChI is InChI=1S/C13H25NO/c1-2-10-4-3-5-11(7-6-10)14-12-8-13(15)9-12/h10-15H,2-9H2,1H3. The summed E-state index contributed by atoms with van der Waals surface area (Å²) in [5, 5.41) is 13.0. The first-order valence-corrected chi connectivity index (χ1v) is 6.72. The van der Waals surface area contributed by atoms with Crippen molar-refractivity contribution >= 4 is 0 Å². The van der Waals surface area contributed by atoms with Crippen LogP contribution >= 0.6 is 0 Å². The first-order valence-electron chi connectivity index (χ1n) is 6.72. The molecule has 0 aromatic heterocycles. The molecule has 0 aromatic rings. The summed E-state index contributed by atoms with van der Waals surface area (Å²) in [5.41, 5.74) is 0. The molecule has 2 saturated carbocycles. The average molecular weight is 211 g/mol. The quantitative estimate of drug-likeness (QED) is 0.703. The molecule has 0 bridgehead atoms. The fourth-order valence-corrected chi connectivity index (χ4v) is 3.01. The lowest BCUT2D eigenvalue weighted by Gasteiger charge is -2.35. The summed E-state index contributed by atoms with van der Waals surface area (Å²) in [4.78, 5) is 0.